The molecular weight excluding hydrogens is 502 g/mol. The number of rotatable bonds is 6. The summed E-state index contributed by atoms with van der Waals surface area (Å²) < 4.78 is 9.41. The summed E-state index contributed by atoms with van der Waals surface area (Å²) in [5.41, 5.74) is 3.26. The minimum atomic E-state index is -0.441. The standard InChI is InChI=1S/C24H22BrN5O4/c1-5-23-27-20-8-6-17(25)11-19(20)24(31)29(23)26-13-16-10-14(2)28(15(16)3)21-12-18(30(32)33)7-9-22(21)34-4/h6-13H,5H2,1-4H3. The summed E-state index contributed by atoms with van der Waals surface area (Å²) in [6, 6.07) is 11.7. The van der Waals surface area contributed by atoms with E-state index in [2.05, 4.69) is 26.0 Å². The van der Waals surface area contributed by atoms with Gasteiger partial charge < -0.3 is 9.30 Å². The van der Waals surface area contributed by atoms with Gasteiger partial charge in [-0.05, 0) is 44.2 Å². The predicted octanol–water partition coefficient (Wildman–Crippen LogP) is 4.93. The normalized spacial score (nSPS) is 11.4. The van der Waals surface area contributed by atoms with E-state index in [1.165, 1.54) is 23.9 Å². The molecule has 0 bridgehead atoms. The summed E-state index contributed by atoms with van der Waals surface area (Å²) in [6.45, 7) is 5.69. The van der Waals surface area contributed by atoms with E-state index in [1.54, 1.807) is 24.4 Å². The summed E-state index contributed by atoms with van der Waals surface area (Å²) >= 11 is 3.40. The lowest BCUT2D eigenvalue weighted by Gasteiger charge is -2.13. The van der Waals surface area contributed by atoms with E-state index in [9.17, 15) is 14.9 Å². The number of aryl methyl sites for hydroxylation is 2. The molecule has 9 nitrogen and oxygen atoms in total. The fourth-order valence-corrected chi connectivity index (χ4v) is 4.28. The molecule has 0 fully saturated rings. The van der Waals surface area contributed by atoms with Crippen molar-refractivity contribution in [3.05, 3.63) is 90.2 Å². The van der Waals surface area contributed by atoms with Crippen LogP contribution >= 0.6 is 15.9 Å². The van der Waals surface area contributed by atoms with Crippen molar-refractivity contribution < 1.29 is 9.66 Å². The summed E-state index contributed by atoms with van der Waals surface area (Å²) in [5.74, 6) is 1.05. The molecule has 2 aromatic carbocycles. The zero-order valence-electron chi connectivity index (χ0n) is 19.1. The molecule has 0 atom stereocenters. The van der Waals surface area contributed by atoms with Crippen LogP contribution in [0.1, 0.15) is 29.7 Å². The maximum Gasteiger partial charge on any atom is 0.282 e. The molecule has 174 valence electrons. The maximum atomic E-state index is 13.1. The molecule has 0 aliphatic heterocycles. The Kier molecular flexibility index (Phi) is 6.34. The van der Waals surface area contributed by atoms with Gasteiger partial charge in [0.1, 0.15) is 11.6 Å². The van der Waals surface area contributed by atoms with E-state index in [0.29, 0.717) is 34.6 Å². The zero-order valence-corrected chi connectivity index (χ0v) is 20.7. The van der Waals surface area contributed by atoms with E-state index in [4.69, 9.17) is 4.74 Å². The van der Waals surface area contributed by atoms with Gasteiger partial charge in [-0.25, -0.2) is 4.98 Å². The maximum absolute atomic E-state index is 13.1. The number of nitrogens with zero attached hydrogens (tertiary/aromatic N) is 5. The molecule has 10 heteroatoms. The molecule has 4 rings (SSSR count). The van der Waals surface area contributed by atoms with Crippen LogP contribution in [0.2, 0.25) is 0 Å². The second kappa shape index (κ2) is 9.22. The monoisotopic (exact) mass is 523 g/mol. The molecule has 0 saturated carbocycles. The van der Waals surface area contributed by atoms with Gasteiger partial charge in [0.2, 0.25) is 0 Å². The lowest BCUT2D eigenvalue weighted by molar-refractivity contribution is -0.384. The van der Waals surface area contributed by atoms with Crippen LogP contribution in [-0.2, 0) is 6.42 Å². The average Bonchev–Trinajstić information content (AvgIpc) is 3.10. The predicted molar refractivity (Wildman–Crippen MR) is 135 cm³/mol. The number of hydrogen-bond acceptors (Lipinski definition) is 6. The van der Waals surface area contributed by atoms with E-state index in [1.807, 2.05) is 37.5 Å². The molecule has 0 unspecified atom stereocenters. The Morgan fingerprint density at radius 3 is 2.65 bits per heavy atom. The smallest absolute Gasteiger partial charge is 0.282 e. The SMILES string of the molecule is CCc1nc2ccc(Br)cc2c(=O)n1N=Cc1cc(C)n(-c2cc([N+](=O)[O-])ccc2OC)c1C. The van der Waals surface area contributed by atoms with Crippen LogP contribution in [0, 0.1) is 24.0 Å². The number of non-ortho nitro benzene ring substituents is 1. The number of fused-ring (bicyclic) bond motifs is 1. The molecule has 0 aliphatic carbocycles. The van der Waals surface area contributed by atoms with Crippen molar-refractivity contribution in [2.45, 2.75) is 27.2 Å². The second-order valence-electron chi connectivity index (χ2n) is 7.68. The molecule has 4 aromatic rings. The third kappa shape index (κ3) is 4.12. The molecular formula is C24H22BrN5O4. The van der Waals surface area contributed by atoms with Crippen LogP contribution in [-0.4, -0.2) is 32.5 Å². The van der Waals surface area contributed by atoms with Gasteiger partial charge in [-0.15, -0.1) is 0 Å². The lowest BCUT2D eigenvalue weighted by Crippen LogP contribution is -2.22. The highest BCUT2D eigenvalue weighted by Gasteiger charge is 2.18. The van der Waals surface area contributed by atoms with Gasteiger partial charge >= 0.3 is 0 Å². The van der Waals surface area contributed by atoms with Gasteiger partial charge in [0.05, 0.1) is 34.8 Å². The molecule has 0 radical (unpaired) electrons. The van der Waals surface area contributed by atoms with Crippen molar-refractivity contribution in [2.75, 3.05) is 7.11 Å². The first kappa shape index (κ1) is 23.4. The van der Waals surface area contributed by atoms with E-state index in [-0.39, 0.29) is 11.2 Å². The van der Waals surface area contributed by atoms with E-state index >= 15 is 0 Å². The number of ether oxygens (including phenoxy) is 1. The highest BCUT2D eigenvalue weighted by atomic mass is 79.9. The quantitative estimate of drug-likeness (QED) is 0.202. The summed E-state index contributed by atoms with van der Waals surface area (Å²) in [6.07, 6.45) is 2.14. The van der Waals surface area contributed by atoms with Crippen molar-refractivity contribution in [2.24, 2.45) is 5.10 Å². The Morgan fingerprint density at radius 1 is 1.21 bits per heavy atom. The molecule has 0 N–H and O–H groups in total. The Balaban J connectivity index is 1.84. The van der Waals surface area contributed by atoms with Crippen LogP contribution < -0.4 is 10.3 Å². The van der Waals surface area contributed by atoms with Gasteiger partial charge in [0.15, 0.2) is 0 Å². The van der Waals surface area contributed by atoms with Crippen LogP contribution in [0.25, 0.3) is 16.6 Å². The van der Waals surface area contributed by atoms with Crippen molar-refractivity contribution in [3.8, 4) is 11.4 Å². The first-order chi connectivity index (χ1) is 16.2. The summed E-state index contributed by atoms with van der Waals surface area (Å²) in [4.78, 5) is 28.6. The summed E-state index contributed by atoms with van der Waals surface area (Å²) in [7, 11) is 1.52. The minimum Gasteiger partial charge on any atom is -0.495 e. The fraction of sp³-hybridized carbons (Fsp3) is 0.208. The number of methoxy groups -OCH3 is 1. The van der Waals surface area contributed by atoms with E-state index < -0.39 is 4.92 Å². The van der Waals surface area contributed by atoms with Gasteiger partial charge in [-0.2, -0.15) is 9.78 Å². The number of aromatic nitrogens is 3. The Labute approximate surface area is 203 Å². The van der Waals surface area contributed by atoms with Gasteiger partial charge in [-0.1, -0.05) is 22.9 Å². The lowest BCUT2D eigenvalue weighted by atomic mass is 10.2. The van der Waals surface area contributed by atoms with Gasteiger partial charge in [0, 0.05) is 40.0 Å². The third-order valence-corrected chi connectivity index (χ3v) is 6.08. The molecule has 0 spiro atoms. The zero-order chi connectivity index (χ0) is 24.6. The van der Waals surface area contributed by atoms with Crippen LogP contribution in [0.3, 0.4) is 0 Å². The van der Waals surface area contributed by atoms with Crippen molar-refractivity contribution >= 4 is 38.7 Å². The number of hydrogen-bond donors (Lipinski definition) is 0. The second-order valence-corrected chi connectivity index (χ2v) is 8.60. The van der Waals surface area contributed by atoms with Crippen LogP contribution in [0.15, 0.2) is 56.8 Å². The number of benzene rings is 2. The molecule has 2 heterocycles. The van der Waals surface area contributed by atoms with Crippen molar-refractivity contribution in [3.63, 3.8) is 0 Å². The number of nitro benzene ring substituents is 1. The van der Waals surface area contributed by atoms with Crippen molar-refractivity contribution in [1.29, 1.82) is 0 Å². The number of halogens is 1. The van der Waals surface area contributed by atoms with Gasteiger partial charge in [0.25, 0.3) is 11.2 Å². The van der Waals surface area contributed by atoms with Crippen molar-refractivity contribution in [1.82, 2.24) is 14.2 Å². The summed E-state index contributed by atoms with van der Waals surface area (Å²) in [5, 5.41) is 16.3. The average molecular weight is 524 g/mol. The van der Waals surface area contributed by atoms with Crippen LogP contribution in [0.5, 0.6) is 5.75 Å². The minimum absolute atomic E-state index is 0.0361. The first-order valence-electron chi connectivity index (χ1n) is 10.5. The fourth-order valence-electron chi connectivity index (χ4n) is 3.92. The third-order valence-electron chi connectivity index (χ3n) is 5.59. The van der Waals surface area contributed by atoms with E-state index in [0.717, 1.165) is 21.4 Å². The molecule has 34 heavy (non-hydrogen) atoms. The highest BCUT2D eigenvalue weighted by Crippen LogP contribution is 2.31. The first-order valence-corrected chi connectivity index (χ1v) is 11.3. The molecule has 0 aliphatic rings. The molecule has 2 aromatic heterocycles. The Morgan fingerprint density at radius 2 is 1.97 bits per heavy atom. The number of nitro groups is 1. The Bertz CT molecular complexity index is 1520. The van der Waals surface area contributed by atoms with Crippen LogP contribution in [0.4, 0.5) is 5.69 Å². The largest absolute Gasteiger partial charge is 0.495 e. The molecule has 0 saturated heterocycles. The highest BCUT2D eigenvalue weighted by molar-refractivity contribution is 9.10. The molecule has 0 amide bonds. The topological polar surface area (TPSA) is 105 Å². The van der Waals surface area contributed by atoms with Gasteiger partial charge in [-0.3, -0.25) is 14.9 Å². The Hall–Kier alpha value is -3.79.